The predicted octanol–water partition coefficient (Wildman–Crippen LogP) is 6.17. The summed E-state index contributed by atoms with van der Waals surface area (Å²) in [6.45, 7) is 7.96. The van der Waals surface area contributed by atoms with Crippen molar-refractivity contribution in [3.63, 3.8) is 0 Å². The van der Waals surface area contributed by atoms with Gasteiger partial charge in [-0.2, -0.15) is 0 Å². The third-order valence-corrected chi connectivity index (χ3v) is 7.38. The van der Waals surface area contributed by atoms with Crippen molar-refractivity contribution in [2.24, 2.45) is 0 Å². The Balaban J connectivity index is 1.93. The van der Waals surface area contributed by atoms with Crippen molar-refractivity contribution in [3.8, 4) is 5.75 Å². The number of Topliss-reactive ketones (excluding diaryl/α,β-unsaturated/α-hetero) is 1. The number of halogens is 1. The summed E-state index contributed by atoms with van der Waals surface area (Å²) in [5, 5.41) is 12.0. The number of hydrogen-bond donors (Lipinski definition) is 1. The molecule has 1 atom stereocenters. The molecular weight excluding hydrogens is 472 g/mol. The van der Waals surface area contributed by atoms with Gasteiger partial charge in [-0.3, -0.25) is 14.5 Å². The van der Waals surface area contributed by atoms with Crippen molar-refractivity contribution < 1.29 is 19.4 Å². The van der Waals surface area contributed by atoms with Crippen molar-refractivity contribution in [3.05, 3.63) is 80.3 Å². The second-order valence-corrected chi connectivity index (χ2v) is 10.1. The third kappa shape index (κ3) is 4.10. The summed E-state index contributed by atoms with van der Waals surface area (Å²) < 4.78 is 5.19. The first kappa shape index (κ1) is 24.0. The second-order valence-electron chi connectivity index (χ2n) is 8.48. The lowest BCUT2D eigenvalue weighted by atomic mass is 9.93. The number of carbonyl (C=O) groups is 2. The fraction of sp³-hybridized carbons (Fsp3) is 0.269. The number of rotatable bonds is 5. The second kappa shape index (κ2) is 9.24. The van der Waals surface area contributed by atoms with Crippen LogP contribution >= 0.6 is 22.9 Å². The molecule has 3 aromatic rings. The average Bonchev–Trinajstić information content (AvgIpc) is 3.28. The monoisotopic (exact) mass is 496 g/mol. The van der Waals surface area contributed by atoms with Crippen molar-refractivity contribution in [1.29, 1.82) is 0 Å². The molecule has 0 spiro atoms. The van der Waals surface area contributed by atoms with Gasteiger partial charge in [-0.1, -0.05) is 49.7 Å². The average molecular weight is 497 g/mol. The number of ketones is 1. The number of thiazole rings is 1. The molecule has 0 aliphatic carbocycles. The number of methoxy groups -OCH3 is 1. The van der Waals surface area contributed by atoms with Crippen molar-refractivity contribution in [2.45, 2.75) is 39.7 Å². The summed E-state index contributed by atoms with van der Waals surface area (Å²) in [4.78, 5) is 33.4. The molecule has 1 aliphatic heterocycles. The highest BCUT2D eigenvalue weighted by Crippen LogP contribution is 2.44. The van der Waals surface area contributed by atoms with Gasteiger partial charge in [-0.15, -0.1) is 11.3 Å². The van der Waals surface area contributed by atoms with Gasteiger partial charge >= 0.3 is 5.91 Å². The Morgan fingerprint density at radius 3 is 2.35 bits per heavy atom. The number of aliphatic hydroxyl groups excluding tert-OH is 1. The van der Waals surface area contributed by atoms with Crippen LogP contribution in [0.25, 0.3) is 5.76 Å². The summed E-state index contributed by atoms with van der Waals surface area (Å²) >= 11 is 7.60. The van der Waals surface area contributed by atoms with Crippen molar-refractivity contribution in [1.82, 2.24) is 4.98 Å². The number of nitrogens with zero attached hydrogens (tertiary/aromatic N) is 2. The fourth-order valence-electron chi connectivity index (χ4n) is 3.94. The Morgan fingerprint density at radius 1 is 1.15 bits per heavy atom. The van der Waals surface area contributed by atoms with Crippen molar-refractivity contribution in [2.75, 3.05) is 12.0 Å². The largest absolute Gasteiger partial charge is 0.507 e. The van der Waals surface area contributed by atoms with Gasteiger partial charge in [-0.25, -0.2) is 4.98 Å². The van der Waals surface area contributed by atoms with Crippen LogP contribution < -0.4 is 9.64 Å². The van der Waals surface area contributed by atoms with E-state index in [1.54, 1.807) is 12.1 Å². The van der Waals surface area contributed by atoms with E-state index in [-0.39, 0.29) is 16.4 Å². The lowest BCUT2D eigenvalue weighted by Gasteiger charge is -2.23. The lowest BCUT2D eigenvalue weighted by Crippen LogP contribution is -2.29. The maximum Gasteiger partial charge on any atom is 0.301 e. The van der Waals surface area contributed by atoms with Crippen LogP contribution in [0.2, 0.25) is 5.02 Å². The highest BCUT2D eigenvalue weighted by atomic mass is 35.5. The zero-order chi connectivity index (χ0) is 24.7. The van der Waals surface area contributed by atoms with Crippen LogP contribution in [0.15, 0.2) is 48.0 Å². The van der Waals surface area contributed by atoms with Gasteiger partial charge in [-0.05, 0) is 49.1 Å². The summed E-state index contributed by atoms with van der Waals surface area (Å²) in [7, 11) is 1.49. The predicted molar refractivity (Wildman–Crippen MR) is 135 cm³/mol. The molecule has 34 heavy (non-hydrogen) atoms. The molecule has 1 amide bonds. The molecule has 1 aliphatic rings. The normalized spacial score (nSPS) is 17.6. The molecule has 8 heteroatoms. The molecule has 6 nitrogen and oxygen atoms in total. The Kier molecular flexibility index (Phi) is 6.51. The summed E-state index contributed by atoms with van der Waals surface area (Å²) in [5.41, 5.74) is 2.93. The quantitative estimate of drug-likeness (QED) is 0.259. The van der Waals surface area contributed by atoms with E-state index in [9.17, 15) is 14.7 Å². The van der Waals surface area contributed by atoms with Crippen LogP contribution in [0.1, 0.15) is 53.1 Å². The number of anilines is 1. The Labute approximate surface area is 207 Å². The van der Waals surface area contributed by atoms with Gasteiger partial charge in [0.05, 0.1) is 29.4 Å². The number of amides is 1. The van der Waals surface area contributed by atoms with Gasteiger partial charge < -0.3 is 9.84 Å². The molecule has 1 unspecified atom stereocenters. The molecule has 0 bridgehead atoms. The van der Waals surface area contributed by atoms with E-state index in [0.717, 1.165) is 16.1 Å². The summed E-state index contributed by atoms with van der Waals surface area (Å²) in [5.74, 6) is -1.03. The number of aromatic nitrogens is 1. The van der Waals surface area contributed by atoms with E-state index in [1.807, 2.05) is 38.1 Å². The van der Waals surface area contributed by atoms with Gasteiger partial charge in [0.1, 0.15) is 11.5 Å². The van der Waals surface area contributed by atoms with Gasteiger partial charge in [0, 0.05) is 10.4 Å². The van der Waals surface area contributed by atoms with Crippen LogP contribution in [0, 0.1) is 13.8 Å². The third-order valence-electron chi connectivity index (χ3n) is 6.01. The van der Waals surface area contributed by atoms with Gasteiger partial charge in [0.15, 0.2) is 5.13 Å². The van der Waals surface area contributed by atoms with Gasteiger partial charge in [0.25, 0.3) is 5.78 Å². The minimum Gasteiger partial charge on any atom is -0.507 e. The molecule has 2 heterocycles. The van der Waals surface area contributed by atoms with E-state index < -0.39 is 17.7 Å². The molecule has 1 N–H and O–H groups in total. The number of carbonyl (C=O) groups excluding carboxylic acids is 2. The Hall–Kier alpha value is -3.16. The summed E-state index contributed by atoms with van der Waals surface area (Å²) in [6.07, 6.45) is 0. The molecule has 1 saturated heterocycles. The first-order chi connectivity index (χ1) is 16.1. The summed E-state index contributed by atoms with van der Waals surface area (Å²) in [6, 6.07) is 11.6. The van der Waals surface area contributed by atoms with E-state index in [1.165, 1.54) is 29.4 Å². The SMILES string of the molecule is COc1ccc(/C(O)=C2\C(=O)C(=O)N(c3nc(C)c(C)s3)C2c2ccc(C(C)C)cc2)cc1Cl. The van der Waals surface area contributed by atoms with Crippen molar-refractivity contribution >= 4 is 45.5 Å². The van der Waals surface area contributed by atoms with E-state index in [0.29, 0.717) is 27.9 Å². The Morgan fingerprint density at radius 2 is 1.82 bits per heavy atom. The number of benzene rings is 2. The first-order valence-electron chi connectivity index (χ1n) is 10.8. The number of hydrogen-bond acceptors (Lipinski definition) is 6. The zero-order valence-corrected chi connectivity index (χ0v) is 21.1. The van der Waals surface area contributed by atoms with Gasteiger partial charge in [0.2, 0.25) is 0 Å². The highest BCUT2D eigenvalue weighted by molar-refractivity contribution is 7.16. The molecule has 1 aromatic heterocycles. The molecule has 176 valence electrons. The van der Waals surface area contributed by atoms with E-state index >= 15 is 0 Å². The topological polar surface area (TPSA) is 79.7 Å². The maximum absolute atomic E-state index is 13.3. The molecular formula is C26H25ClN2O4S. The Bertz CT molecular complexity index is 1290. The molecule has 0 saturated carbocycles. The number of aliphatic hydroxyl groups is 1. The van der Waals surface area contributed by atoms with Crippen LogP contribution in [-0.2, 0) is 9.59 Å². The first-order valence-corrected chi connectivity index (χ1v) is 12.0. The van der Waals surface area contributed by atoms with E-state index in [4.69, 9.17) is 16.3 Å². The lowest BCUT2D eigenvalue weighted by molar-refractivity contribution is -0.132. The van der Waals surface area contributed by atoms with Crippen LogP contribution in [0.5, 0.6) is 5.75 Å². The number of aryl methyl sites for hydroxylation is 2. The van der Waals surface area contributed by atoms with Crippen LogP contribution in [-0.4, -0.2) is 28.9 Å². The standard InChI is InChI=1S/C26H25ClN2O4S/c1-13(2)16-6-8-17(9-7-16)22-21(23(30)18-10-11-20(33-5)19(27)12-18)24(31)25(32)29(22)26-28-14(3)15(4)34-26/h6-13,22,30H,1-5H3/b23-21+. The minimum absolute atomic E-state index is 0.00552. The number of ether oxygens (including phenoxy) is 1. The van der Waals surface area contributed by atoms with Crippen LogP contribution in [0.3, 0.4) is 0 Å². The molecule has 4 rings (SSSR count). The molecule has 0 radical (unpaired) electrons. The molecule has 1 fully saturated rings. The van der Waals surface area contributed by atoms with E-state index in [2.05, 4.69) is 18.8 Å². The smallest absolute Gasteiger partial charge is 0.301 e. The zero-order valence-electron chi connectivity index (χ0n) is 19.5. The fourth-order valence-corrected chi connectivity index (χ4v) is 5.13. The maximum atomic E-state index is 13.3. The van der Waals surface area contributed by atoms with Crippen LogP contribution in [0.4, 0.5) is 5.13 Å². The molecule has 2 aromatic carbocycles. The highest BCUT2D eigenvalue weighted by Gasteiger charge is 2.48. The minimum atomic E-state index is -0.827.